The van der Waals surface area contributed by atoms with Crippen LogP contribution < -0.4 is 20.9 Å². The van der Waals surface area contributed by atoms with E-state index in [9.17, 15) is 9.18 Å². The summed E-state index contributed by atoms with van der Waals surface area (Å²) < 4.78 is 14.0. The molecule has 1 saturated heterocycles. The molecular weight excluding hydrogens is 419 g/mol. The Kier molecular flexibility index (Phi) is 6.04. The van der Waals surface area contributed by atoms with Crippen LogP contribution in [-0.4, -0.2) is 40.6 Å². The first-order chi connectivity index (χ1) is 15.7. The van der Waals surface area contributed by atoms with Crippen molar-refractivity contribution in [3.63, 3.8) is 0 Å². The lowest BCUT2D eigenvalue weighted by molar-refractivity contribution is 0.499. The van der Waals surface area contributed by atoms with Crippen LogP contribution in [0.4, 0.5) is 27.4 Å². The Morgan fingerprint density at radius 3 is 2.82 bits per heavy atom. The Balaban J connectivity index is 1.60. The van der Waals surface area contributed by atoms with E-state index in [4.69, 9.17) is 5.73 Å². The number of halogens is 1. The summed E-state index contributed by atoms with van der Waals surface area (Å²) in [6.07, 6.45) is 2.57. The lowest BCUT2D eigenvalue weighted by Gasteiger charge is -2.40. The maximum Gasteiger partial charge on any atom is 0.152 e. The Hall–Kier alpha value is -3.51. The van der Waals surface area contributed by atoms with Gasteiger partial charge in [0.15, 0.2) is 5.82 Å². The number of fused-ring (bicyclic) bond motifs is 1. The summed E-state index contributed by atoms with van der Waals surface area (Å²) in [5.41, 5.74) is 8.56. The van der Waals surface area contributed by atoms with E-state index in [2.05, 4.69) is 26.1 Å². The van der Waals surface area contributed by atoms with Gasteiger partial charge in [0.25, 0.3) is 0 Å². The highest BCUT2D eigenvalue weighted by Crippen LogP contribution is 2.35. The van der Waals surface area contributed by atoms with Crippen molar-refractivity contribution in [1.29, 1.82) is 0 Å². The summed E-state index contributed by atoms with van der Waals surface area (Å²) in [7, 11) is 0. The molecule has 3 heterocycles. The zero-order valence-electron chi connectivity index (χ0n) is 19.6. The molecule has 2 aromatic heterocycles. The fourth-order valence-electron chi connectivity index (χ4n) is 4.50. The second-order valence-electron chi connectivity index (χ2n) is 9.53. The third-order valence-electron chi connectivity index (χ3n) is 5.88. The number of nitrogens with one attached hydrogen (secondary N) is 2. The second-order valence-corrected chi connectivity index (χ2v) is 9.53. The van der Waals surface area contributed by atoms with Gasteiger partial charge in [-0.3, -0.25) is 0 Å². The number of aromatic nitrogens is 2. The van der Waals surface area contributed by atoms with Crippen LogP contribution in [0.2, 0.25) is 0 Å². The maximum absolute atomic E-state index is 14.0. The molecule has 0 saturated carbocycles. The molecule has 1 aliphatic heterocycles. The van der Waals surface area contributed by atoms with E-state index in [0.29, 0.717) is 42.4 Å². The molecule has 33 heavy (non-hydrogen) atoms. The molecule has 0 bridgehead atoms. The Morgan fingerprint density at radius 2 is 2.12 bits per heavy atom. The van der Waals surface area contributed by atoms with Crippen LogP contribution in [0.3, 0.4) is 0 Å². The van der Waals surface area contributed by atoms with Crippen molar-refractivity contribution in [3.8, 4) is 0 Å². The minimum atomic E-state index is -0.385. The van der Waals surface area contributed by atoms with E-state index < -0.39 is 0 Å². The van der Waals surface area contributed by atoms with Crippen molar-refractivity contribution in [2.24, 2.45) is 0 Å². The van der Waals surface area contributed by atoms with Gasteiger partial charge in [0.1, 0.15) is 23.3 Å². The molecular formula is C25H31FN6O. The lowest BCUT2D eigenvalue weighted by Crippen LogP contribution is -2.45. The highest BCUT2D eigenvalue weighted by molar-refractivity contribution is 5.87. The number of hydrogen-bond acceptors (Lipinski definition) is 6. The van der Waals surface area contributed by atoms with Crippen LogP contribution in [-0.2, 0) is 4.79 Å². The minimum Gasteiger partial charge on any atom is -0.399 e. The summed E-state index contributed by atoms with van der Waals surface area (Å²) in [5, 5.41) is 4.37. The predicted octanol–water partition coefficient (Wildman–Crippen LogP) is 4.71. The van der Waals surface area contributed by atoms with E-state index in [1.807, 2.05) is 56.9 Å². The molecule has 7 nitrogen and oxygen atoms in total. The van der Waals surface area contributed by atoms with Gasteiger partial charge in [0, 0.05) is 53.7 Å². The molecule has 0 aliphatic carbocycles. The summed E-state index contributed by atoms with van der Waals surface area (Å²) >= 11 is 0. The quantitative estimate of drug-likeness (QED) is 0.385. The molecule has 0 spiro atoms. The van der Waals surface area contributed by atoms with E-state index in [-0.39, 0.29) is 17.4 Å². The molecule has 4 N–H and O–H groups in total. The Labute approximate surface area is 193 Å². The summed E-state index contributed by atoms with van der Waals surface area (Å²) in [6, 6.07) is 9.24. The van der Waals surface area contributed by atoms with Gasteiger partial charge in [-0.15, -0.1) is 0 Å². The number of nitrogen functional groups attached to an aromatic ring is 1. The monoisotopic (exact) mass is 450 g/mol. The van der Waals surface area contributed by atoms with Crippen molar-refractivity contribution in [2.75, 3.05) is 33.9 Å². The van der Waals surface area contributed by atoms with Gasteiger partial charge in [-0.05, 0) is 58.4 Å². The fourth-order valence-corrected chi connectivity index (χ4v) is 4.50. The molecule has 1 aliphatic rings. The molecule has 1 aromatic carbocycles. The van der Waals surface area contributed by atoms with Gasteiger partial charge in [0.2, 0.25) is 0 Å². The number of benzene rings is 1. The molecule has 1 unspecified atom stereocenters. The largest absolute Gasteiger partial charge is 0.399 e. The van der Waals surface area contributed by atoms with E-state index >= 15 is 0 Å². The summed E-state index contributed by atoms with van der Waals surface area (Å²) in [4.78, 5) is 23.9. The van der Waals surface area contributed by atoms with E-state index in [0.717, 1.165) is 23.1 Å². The molecule has 0 amide bonds. The first kappa shape index (κ1) is 22.7. The molecule has 0 radical (unpaired) electrons. The number of rotatable bonds is 5. The molecule has 3 aromatic rings. The van der Waals surface area contributed by atoms with Crippen LogP contribution >= 0.6 is 0 Å². The topological polar surface area (TPSA) is 90.3 Å². The maximum atomic E-state index is 14.0. The van der Waals surface area contributed by atoms with Gasteiger partial charge in [0.05, 0.1) is 11.9 Å². The first-order valence-electron chi connectivity index (χ1n) is 11.3. The van der Waals surface area contributed by atoms with Crippen LogP contribution in [0.1, 0.15) is 40.5 Å². The zero-order valence-corrected chi connectivity index (χ0v) is 19.6. The average Bonchev–Trinajstić information content (AvgIpc) is 3.17. The molecule has 1 fully saturated rings. The van der Waals surface area contributed by atoms with Crippen LogP contribution in [0.15, 0.2) is 42.2 Å². The highest BCUT2D eigenvalue weighted by Gasteiger charge is 2.31. The van der Waals surface area contributed by atoms with Crippen LogP contribution in [0, 0.1) is 5.82 Å². The van der Waals surface area contributed by atoms with Gasteiger partial charge in [-0.25, -0.2) is 14.2 Å². The zero-order chi connectivity index (χ0) is 23.8. The fraction of sp³-hybridized carbons (Fsp3) is 0.400. The molecule has 174 valence electrons. The SMILES string of the molecule is CCN(c1ncc(F)cc1NC(C)(C)C)C1CCN(c2cc3cc(N)ccc3[nH]2)C(=C=O)C1. The summed E-state index contributed by atoms with van der Waals surface area (Å²) in [5.74, 6) is 3.32. The molecule has 4 rings (SSSR count). The normalized spacial score (nSPS) is 16.7. The third kappa shape index (κ3) is 4.81. The highest BCUT2D eigenvalue weighted by atomic mass is 19.1. The van der Waals surface area contributed by atoms with Gasteiger partial charge in [-0.1, -0.05) is 0 Å². The Bertz CT molecular complexity index is 1210. The van der Waals surface area contributed by atoms with Crippen LogP contribution in [0.5, 0.6) is 0 Å². The van der Waals surface area contributed by atoms with E-state index in [1.165, 1.54) is 12.3 Å². The van der Waals surface area contributed by atoms with Crippen molar-refractivity contribution in [1.82, 2.24) is 9.97 Å². The number of H-pyrrole nitrogens is 1. The second kappa shape index (κ2) is 8.79. The number of carbonyl (C=O) groups excluding carboxylic acids is 1. The van der Waals surface area contributed by atoms with Gasteiger partial charge < -0.3 is 25.8 Å². The standard InChI is InChI=1S/C25H31FN6O/c1-5-31(24-22(30-25(2,3)4)12-17(26)14-28-24)19-8-9-32(20(13-19)15-33)23-11-16-10-18(27)6-7-21(16)29-23/h6-7,10-12,14,19,29-30H,5,8-9,13,27H2,1-4H3. The number of pyridine rings is 1. The lowest BCUT2D eigenvalue weighted by atomic mass is 9.99. The Morgan fingerprint density at radius 1 is 1.33 bits per heavy atom. The third-order valence-corrected chi connectivity index (χ3v) is 5.88. The van der Waals surface area contributed by atoms with Crippen molar-refractivity contribution in [3.05, 3.63) is 48.0 Å². The van der Waals surface area contributed by atoms with Gasteiger partial charge >= 0.3 is 0 Å². The molecule has 1 atom stereocenters. The predicted molar refractivity (Wildman–Crippen MR) is 133 cm³/mol. The number of anilines is 4. The van der Waals surface area contributed by atoms with Crippen molar-refractivity contribution in [2.45, 2.75) is 52.1 Å². The van der Waals surface area contributed by atoms with Crippen molar-refractivity contribution < 1.29 is 9.18 Å². The number of nitrogens with two attached hydrogens (primary N) is 1. The number of aromatic amines is 1. The minimum absolute atomic E-state index is 0.0428. The van der Waals surface area contributed by atoms with E-state index in [1.54, 1.807) is 0 Å². The van der Waals surface area contributed by atoms with Crippen LogP contribution in [0.25, 0.3) is 10.9 Å². The van der Waals surface area contributed by atoms with Crippen molar-refractivity contribution >= 4 is 39.9 Å². The summed E-state index contributed by atoms with van der Waals surface area (Å²) in [6.45, 7) is 9.45. The molecule has 8 heteroatoms. The number of hydrogen-bond donors (Lipinski definition) is 3. The average molecular weight is 451 g/mol. The van der Waals surface area contributed by atoms with Gasteiger partial charge in [-0.2, -0.15) is 0 Å². The number of piperidine rings is 1. The number of nitrogens with zero attached hydrogens (tertiary/aromatic N) is 3. The first-order valence-corrected chi connectivity index (χ1v) is 11.3. The smallest absolute Gasteiger partial charge is 0.152 e.